The quantitative estimate of drug-likeness (QED) is 0.493. The average molecular weight is 242 g/mol. The van der Waals surface area contributed by atoms with Crippen LogP contribution in [0.5, 0.6) is 5.75 Å². The molecule has 18 heavy (non-hydrogen) atoms. The summed E-state index contributed by atoms with van der Waals surface area (Å²) < 4.78 is 0. The average Bonchev–Trinajstić information content (AvgIpc) is 2.33. The van der Waals surface area contributed by atoms with E-state index in [1.54, 1.807) is 19.3 Å². The third-order valence-electron chi connectivity index (χ3n) is 2.57. The lowest BCUT2D eigenvalue weighted by molar-refractivity contribution is 0.471. The molecule has 1 aromatic carbocycles. The fourth-order valence-electron chi connectivity index (χ4n) is 1.26. The topological polar surface area (TPSA) is 45.0 Å². The molecule has 0 unspecified atom stereocenters. The first-order chi connectivity index (χ1) is 8.45. The number of aromatic hydroxyl groups is 1. The van der Waals surface area contributed by atoms with Gasteiger partial charge in [-0.3, -0.25) is 4.99 Å². The summed E-state index contributed by atoms with van der Waals surface area (Å²) in [5.41, 5.74) is 3.21. The van der Waals surface area contributed by atoms with Gasteiger partial charge in [-0.05, 0) is 31.1 Å². The summed E-state index contributed by atoms with van der Waals surface area (Å²) in [5.74, 6) is 0.787. The molecule has 0 saturated heterocycles. The molecule has 0 aromatic heterocycles. The summed E-state index contributed by atoms with van der Waals surface area (Å²) in [4.78, 5) is 8.36. The van der Waals surface area contributed by atoms with Crippen molar-refractivity contribution in [3.05, 3.63) is 53.6 Å². The van der Waals surface area contributed by atoms with Gasteiger partial charge in [-0.25, -0.2) is 4.99 Å². The number of rotatable bonds is 3. The Morgan fingerprint density at radius 3 is 2.50 bits per heavy atom. The first kappa shape index (κ1) is 13.9. The van der Waals surface area contributed by atoms with Crippen LogP contribution in [0, 0.1) is 6.92 Å². The smallest absolute Gasteiger partial charge is 0.154 e. The molecule has 1 aromatic rings. The number of phenols is 1. The number of benzene rings is 1. The van der Waals surface area contributed by atoms with Crippen molar-refractivity contribution in [1.29, 1.82) is 0 Å². The molecule has 0 bridgehead atoms. The van der Waals surface area contributed by atoms with Gasteiger partial charge in [0.2, 0.25) is 0 Å². The lowest BCUT2D eigenvalue weighted by Gasteiger charge is -2.04. The molecule has 0 heterocycles. The van der Waals surface area contributed by atoms with Gasteiger partial charge in [0.25, 0.3) is 0 Å². The van der Waals surface area contributed by atoms with E-state index in [9.17, 15) is 5.11 Å². The van der Waals surface area contributed by atoms with Crippen LogP contribution in [-0.4, -0.2) is 24.2 Å². The number of amidine groups is 1. The van der Waals surface area contributed by atoms with Crippen LogP contribution in [0.4, 0.5) is 0 Å². The molecule has 0 saturated carbocycles. The van der Waals surface area contributed by atoms with E-state index in [2.05, 4.69) is 23.1 Å². The predicted molar refractivity (Wildman–Crippen MR) is 77.8 cm³/mol. The molecule has 3 heteroatoms. The Kier molecular flexibility index (Phi) is 4.60. The molecule has 0 atom stereocenters. The number of hydrogen-bond donors (Lipinski definition) is 1. The number of phenolic OH excluding ortho intramolecular Hbond substituents is 1. The van der Waals surface area contributed by atoms with Crippen LogP contribution < -0.4 is 0 Å². The van der Waals surface area contributed by atoms with Crippen LogP contribution in [0.3, 0.4) is 0 Å². The van der Waals surface area contributed by atoms with Gasteiger partial charge in [0.05, 0.1) is 0 Å². The highest BCUT2D eigenvalue weighted by atomic mass is 16.3. The highest BCUT2D eigenvalue weighted by Gasteiger charge is 2.03. The summed E-state index contributed by atoms with van der Waals surface area (Å²) in [6.45, 7) is 11.3. The Morgan fingerprint density at radius 2 is 2.00 bits per heavy atom. The van der Waals surface area contributed by atoms with Crippen LogP contribution in [0.15, 0.2) is 52.5 Å². The Balaban J connectivity index is 3.01. The molecule has 0 fully saturated rings. The molecule has 0 radical (unpaired) electrons. The lowest BCUT2D eigenvalue weighted by atomic mass is 10.1. The largest absolute Gasteiger partial charge is 0.508 e. The van der Waals surface area contributed by atoms with E-state index in [1.807, 2.05) is 26.0 Å². The van der Waals surface area contributed by atoms with E-state index >= 15 is 0 Å². The fraction of sp³-hybridized carbons (Fsp3) is 0.200. The first-order valence-corrected chi connectivity index (χ1v) is 5.61. The van der Waals surface area contributed by atoms with Crippen molar-refractivity contribution in [2.45, 2.75) is 13.8 Å². The zero-order valence-corrected chi connectivity index (χ0v) is 11.1. The van der Waals surface area contributed by atoms with Crippen molar-refractivity contribution in [2.24, 2.45) is 9.98 Å². The maximum atomic E-state index is 9.67. The zero-order chi connectivity index (χ0) is 13.7. The van der Waals surface area contributed by atoms with Gasteiger partial charge in [-0.2, -0.15) is 0 Å². The Bertz CT molecular complexity index is 539. The maximum absolute atomic E-state index is 9.67. The van der Waals surface area contributed by atoms with Gasteiger partial charge in [-0.15, -0.1) is 0 Å². The second kappa shape index (κ2) is 5.96. The second-order valence-corrected chi connectivity index (χ2v) is 4.11. The van der Waals surface area contributed by atoms with Crippen molar-refractivity contribution >= 4 is 12.1 Å². The highest BCUT2D eigenvalue weighted by Crippen LogP contribution is 2.18. The minimum atomic E-state index is 0.238. The van der Waals surface area contributed by atoms with Gasteiger partial charge in [-0.1, -0.05) is 30.9 Å². The molecule has 3 nitrogen and oxygen atoms in total. The fourth-order valence-corrected chi connectivity index (χ4v) is 1.26. The molecule has 0 aliphatic carbocycles. The van der Waals surface area contributed by atoms with Crippen molar-refractivity contribution in [1.82, 2.24) is 0 Å². The first-order valence-electron chi connectivity index (χ1n) is 5.61. The number of aliphatic imine (C=N–C) groups is 2. The molecule has 1 N–H and O–H groups in total. The monoisotopic (exact) mass is 242 g/mol. The molecule has 94 valence electrons. The molecule has 0 aliphatic heterocycles. The number of nitrogens with zero attached hydrogens (tertiary/aromatic N) is 2. The predicted octanol–water partition coefficient (Wildman–Crippen LogP) is 3.28. The third kappa shape index (κ3) is 3.42. The number of allylic oxidation sites excluding steroid dienone is 2. The summed E-state index contributed by atoms with van der Waals surface area (Å²) in [7, 11) is 1.66. The van der Waals surface area contributed by atoms with Gasteiger partial charge >= 0.3 is 0 Å². The summed E-state index contributed by atoms with van der Waals surface area (Å²) in [6.07, 6.45) is 1.63. The van der Waals surface area contributed by atoms with Crippen LogP contribution in [0.2, 0.25) is 0 Å². The summed E-state index contributed by atoms with van der Waals surface area (Å²) in [6, 6.07) is 5.36. The SMILES string of the molecule is C=C(C)C(=C)C=NC(=NC)c1ccc(C)c(O)c1. The number of aryl methyl sites for hydroxylation is 1. The van der Waals surface area contributed by atoms with E-state index in [0.717, 1.165) is 22.3 Å². The Morgan fingerprint density at radius 1 is 1.33 bits per heavy atom. The minimum absolute atomic E-state index is 0.238. The highest BCUT2D eigenvalue weighted by molar-refractivity contribution is 6.05. The molecular formula is C15H18N2O. The van der Waals surface area contributed by atoms with Gasteiger partial charge in [0.15, 0.2) is 5.84 Å². The zero-order valence-electron chi connectivity index (χ0n) is 11.1. The number of hydrogen-bond acceptors (Lipinski definition) is 2. The van der Waals surface area contributed by atoms with Crippen LogP contribution in [-0.2, 0) is 0 Å². The second-order valence-electron chi connectivity index (χ2n) is 4.11. The van der Waals surface area contributed by atoms with Gasteiger partial charge in [0.1, 0.15) is 5.75 Å². The van der Waals surface area contributed by atoms with Crippen molar-refractivity contribution in [2.75, 3.05) is 7.05 Å². The third-order valence-corrected chi connectivity index (χ3v) is 2.57. The van der Waals surface area contributed by atoms with Crippen molar-refractivity contribution in [3.8, 4) is 5.75 Å². The molecule has 0 amide bonds. The minimum Gasteiger partial charge on any atom is -0.508 e. The van der Waals surface area contributed by atoms with Crippen LogP contribution in [0.1, 0.15) is 18.1 Å². The Labute approximate surface area is 108 Å². The lowest BCUT2D eigenvalue weighted by Crippen LogP contribution is -1.99. The molecular weight excluding hydrogens is 224 g/mol. The molecule has 0 aliphatic rings. The van der Waals surface area contributed by atoms with E-state index in [4.69, 9.17) is 0 Å². The van der Waals surface area contributed by atoms with Crippen molar-refractivity contribution < 1.29 is 5.11 Å². The van der Waals surface area contributed by atoms with Gasteiger partial charge < -0.3 is 5.11 Å². The summed E-state index contributed by atoms with van der Waals surface area (Å²) in [5, 5.41) is 9.67. The van der Waals surface area contributed by atoms with Gasteiger partial charge in [0, 0.05) is 18.8 Å². The van der Waals surface area contributed by atoms with Crippen LogP contribution >= 0.6 is 0 Å². The Hall–Kier alpha value is -2.16. The van der Waals surface area contributed by atoms with Crippen molar-refractivity contribution in [3.63, 3.8) is 0 Å². The van der Waals surface area contributed by atoms with E-state index < -0.39 is 0 Å². The van der Waals surface area contributed by atoms with E-state index in [0.29, 0.717) is 5.84 Å². The molecule has 1 rings (SSSR count). The van der Waals surface area contributed by atoms with E-state index in [1.165, 1.54) is 0 Å². The van der Waals surface area contributed by atoms with E-state index in [-0.39, 0.29) is 5.75 Å². The summed E-state index contributed by atoms with van der Waals surface area (Å²) >= 11 is 0. The van der Waals surface area contributed by atoms with Crippen LogP contribution in [0.25, 0.3) is 0 Å². The molecule has 0 spiro atoms. The standard InChI is InChI=1S/C15H18N2O/c1-10(2)12(4)9-17-15(16-5)13-7-6-11(3)14(18)8-13/h6-9,18H,1,4H2,2-3,5H3. The normalized spacial score (nSPS) is 11.8. The maximum Gasteiger partial charge on any atom is 0.154 e.